The van der Waals surface area contributed by atoms with Crippen molar-refractivity contribution in [3.05, 3.63) is 95.1 Å². The first-order valence-electron chi connectivity index (χ1n) is 10.3. The van der Waals surface area contributed by atoms with Crippen LogP contribution < -0.4 is 9.47 Å². The third-order valence-corrected chi connectivity index (χ3v) is 4.61. The second kappa shape index (κ2) is 12.5. The van der Waals surface area contributed by atoms with Crippen molar-refractivity contribution in [2.45, 2.75) is 13.2 Å². The molecule has 0 aliphatic carbocycles. The average molecular weight is 462 g/mol. The van der Waals surface area contributed by atoms with Crippen LogP contribution in [0.3, 0.4) is 0 Å². The second-order valence-electron chi connectivity index (χ2n) is 7.03. The number of ether oxygens (including phenoxy) is 4. The van der Waals surface area contributed by atoms with Gasteiger partial charge >= 0.3 is 11.9 Å². The Morgan fingerprint density at radius 1 is 0.588 bits per heavy atom. The van der Waals surface area contributed by atoms with Crippen LogP contribution in [0.1, 0.15) is 31.8 Å². The van der Waals surface area contributed by atoms with Crippen LogP contribution in [-0.2, 0) is 32.3 Å². The highest BCUT2D eigenvalue weighted by Crippen LogP contribution is 2.16. The van der Waals surface area contributed by atoms with E-state index in [-0.39, 0.29) is 26.4 Å². The lowest BCUT2D eigenvalue weighted by molar-refractivity contribution is -0.148. The first-order valence-corrected chi connectivity index (χ1v) is 10.3. The number of esters is 2. The monoisotopic (exact) mass is 462 g/mol. The molecule has 3 rings (SSSR count). The number of carbonyl (C=O) groups is 4. The Labute approximate surface area is 196 Å². The molecule has 34 heavy (non-hydrogen) atoms. The zero-order valence-electron chi connectivity index (χ0n) is 18.2. The van der Waals surface area contributed by atoms with E-state index in [0.29, 0.717) is 35.2 Å². The van der Waals surface area contributed by atoms with E-state index in [1.807, 2.05) is 0 Å². The number of hydrogen-bond acceptors (Lipinski definition) is 8. The minimum absolute atomic E-state index is 0.0432. The highest BCUT2D eigenvalue weighted by molar-refractivity contribution is 5.80. The number of rotatable bonds is 12. The summed E-state index contributed by atoms with van der Waals surface area (Å²) in [7, 11) is 0. The summed E-state index contributed by atoms with van der Waals surface area (Å²) in [4.78, 5) is 45.8. The molecule has 0 heterocycles. The van der Waals surface area contributed by atoms with Crippen LogP contribution >= 0.6 is 0 Å². The molecule has 0 aliphatic heterocycles. The minimum Gasteiger partial charge on any atom is -0.481 e. The van der Waals surface area contributed by atoms with Gasteiger partial charge in [-0.2, -0.15) is 0 Å². The highest BCUT2D eigenvalue weighted by atomic mass is 16.6. The van der Waals surface area contributed by atoms with Gasteiger partial charge in [0.2, 0.25) is 0 Å². The molecule has 8 nitrogen and oxygen atoms in total. The van der Waals surface area contributed by atoms with Gasteiger partial charge in [-0.15, -0.1) is 0 Å². The molecule has 0 aromatic heterocycles. The largest absolute Gasteiger partial charge is 0.481 e. The minimum atomic E-state index is -0.574. The molecular formula is C26H22O8. The van der Waals surface area contributed by atoms with Crippen molar-refractivity contribution >= 4 is 24.5 Å². The number of carbonyl (C=O) groups excluding carboxylic acids is 4. The third kappa shape index (κ3) is 7.30. The van der Waals surface area contributed by atoms with Gasteiger partial charge < -0.3 is 18.9 Å². The maximum atomic E-state index is 11.9. The van der Waals surface area contributed by atoms with Crippen molar-refractivity contribution < 1.29 is 38.1 Å². The topological polar surface area (TPSA) is 105 Å². The summed E-state index contributed by atoms with van der Waals surface area (Å²) in [5, 5.41) is 0. The van der Waals surface area contributed by atoms with Crippen LogP contribution in [0.15, 0.2) is 72.8 Å². The van der Waals surface area contributed by atoms with Gasteiger partial charge in [0.1, 0.15) is 24.7 Å². The van der Waals surface area contributed by atoms with Crippen molar-refractivity contribution in [1.82, 2.24) is 0 Å². The molecule has 0 saturated heterocycles. The zero-order valence-corrected chi connectivity index (χ0v) is 18.2. The molecule has 0 spiro atoms. The summed E-state index contributed by atoms with van der Waals surface area (Å²) in [6.07, 6.45) is 1.30. The molecule has 174 valence electrons. The Bertz CT molecular complexity index is 1050. The number of benzene rings is 3. The van der Waals surface area contributed by atoms with Crippen LogP contribution in [0.5, 0.6) is 11.5 Å². The second-order valence-corrected chi connectivity index (χ2v) is 7.03. The van der Waals surface area contributed by atoms with Crippen molar-refractivity contribution in [2.75, 3.05) is 13.2 Å². The lowest BCUT2D eigenvalue weighted by Gasteiger charge is -2.10. The van der Waals surface area contributed by atoms with Crippen molar-refractivity contribution in [3.8, 4) is 11.5 Å². The number of aldehydes is 2. The molecule has 0 fully saturated rings. The lowest BCUT2D eigenvalue weighted by Crippen LogP contribution is -2.15. The smallest absolute Gasteiger partial charge is 0.344 e. The standard InChI is InChI=1S/C26H22O8/c27-13-21-5-1-3-7-23(21)31-17-25(29)33-15-19-9-11-20(12-10-19)16-34-26(30)18-32-24-8-4-2-6-22(24)14-28/h1-14H,15-18H2. The van der Waals surface area contributed by atoms with Crippen molar-refractivity contribution in [1.29, 1.82) is 0 Å². The van der Waals surface area contributed by atoms with Gasteiger partial charge in [-0.05, 0) is 35.4 Å². The summed E-state index contributed by atoms with van der Waals surface area (Å²) in [6, 6.07) is 20.1. The first-order chi connectivity index (χ1) is 16.6. The average Bonchev–Trinajstić information content (AvgIpc) is 2.89. The molecule has 0 amide bonds. The summed E-state index contributed by atoms with van der Waals surface area (Å²) < 4.78 is 21.0. The Balaban J connectivity index is 1.38. The Morgan fingerprint density at radius 2 is 0.971 bits per heavy atom. The summed E-state index contributed by atoms with van der Waals surface area (Å²) in [5.41, 5.74) is 2.18. The quantitative estimate of drug-likeness (QED) is 0.297. The molecule has 0 bridgehead atoms. The predicted octanol–water partition coefficient (Wildman–Crippen LogP) is 3.56. The van der Waals surface area contributed by atoms with Crippen LogP contribution in [0.25, 0.3) is 0 Å². The normalized spacial score (nSPS) is 10.1. The van der Waals surface area contributed by atoms with E-state index in [1.54, 1.807) is 72.8 Å². The fraction of sp³-hybridized carbons (Fsp3) is 0.154. The zero-order chi connectivity index (χ0) is 24.2. The molecule has 0 unspecified atom stereocenters. The maximum Gasteiger partial charge on any atom is 0.344 e. The fourth-order valence-corrected chi connectivity index (χ4v) is 2.83. The van der Waals surface area contributed by atoms with Gasteiger partial charge in [0.15, 0.2) is 25.8 Å². The van der Waals surface area contributed by atoms with Crippen LogP contribution in [0, 0.1) is 0 Å². The molecule has 0 N–H and O–H groups in total. The van der Waals surface area contributed by atoms with Gasteiger partial charge in [-0.3, -0.25) is 9.59 Å². The molecule has 8 heteroatoms. The Hall–Kier alpha value is -4.46. The first kappa shape index (κ1) is 24.2. The highest BCUT2D eigenvalue weighted by Gasteiger charge is 2.09. The molecule has 0 radical (unpaired) electrons. The van der Waals surface area contributed by atoms with Gasteiger partial charge in [-0.25, -0.2) is 9.59 Å². The molecule has 0 saturated carbocycles. The van der Waals surface area contributed by atoms with Crippen LogP contribution in [-0.4, -0.2) is 37.7 Å². The number of hydrogen-bond donors (Lipinski definition) is 0. The van der Waals surface area contributed by atoms with E-state index in [0.717, 1.165) is 11.1 Å². The summed E-state index contributed by atoms with van der Waals surface area (Å²) in [5.74, 6) is -0.525. The van der Waals surface area contributed by atoms with Gasteiger partial charge in [0.25, 0.3) is 0 Å². The van der Waals surface area contributed by atoms with Crippen molar-refractivity contribution in [2.24, 2.45) is 0 Å². The van der Waals surface area contributed by atoms with Crippen LogP contribution in [0.4, 0.5) is 0 Å². The van der Waals surface area contributed by atoms with E-state index in [1.165, 1.54) is 0 Å². The third-order valence-electron chi connectivity index (χ3n) is 4.61. The van der Waals surface area contributed by atoms with Gasteiger partial charge in [-0.1, -0.05) is 48.5 Å². The molecule has 0 atom stereocenters. The number of para-hydroxylation sites is 2. The van der Waals surface area contributed by atoms with E-state index >= 15 is 0 Å². The van der Waals surface area contributed by atoms with Crippen LogP contribution in [0.2, 0.25) is 0 Å². The molecular weight excluding hydrogens is 440 g/mol. The molecule has 3 aromatic carbocycles. The summed E-state index contributed by atoms with van der Waals surface area (Å²) >= 11 is 0. The van der Waals surface area contributed by atoms with Crippen molar-refractivity contribution in [3.63, 3.8) is 0 Å². The van der Waals surface area contributed by atoms with Gasteiger partial charge in [0.05, 0.1) is 11.1 Å². The SMILES string of the molecule is O=Cc1ccccc1OCC(=O)OCc1ccc(COC(=O)COc2ccccc2C=O)cc1. The molecule has 0 aliphatic rings. The Morgan fingerprint density at radius 3 is 1.35 bits per heavy atom. The predicted molar refractivity (Wildman–Crippen MR) is 121 cm³/mol. The fourth-order valence-electron chi connectivity index (χ4n) is 2.83. The lowest BCUT2D eigenvalue weighted by atomic mass is 10.1. The van der Waals surface area contributed by atoms with E-state index in [4.69, 9.17) is 18.9 Å². The molecule has 3 aromatic rings. The van der Waals surface area contributed by atoms with E-state index in [9.17, 15) is 19.2 Å². The summed E-state index contributed by atoms with van der Waals surface area (Å²) in [6.45, 7) is -0.556. The van der Waals surface area contributed by atoms with Gasteiger partial charge in [0, 0.05) is 0 Å². The Kier molecular flexibility index (Phi) is 8.92. The van der Waals surface area contributed by atoms with E-state index < -0.39 is 11.9 Å². The van der Waals surface area contributed by atoms with E-state index in [2.05, 4.69) is 0 Å². The maximum absolute atomic E-state index is 11.9.